The van der Waals surface area contributed by atoms with Crippen LogP contribution >= 0.6 is 15.9 Å². The van der Waals surface area contributed by atoms with E-state index in [0.717, 1.165) is 0 Å². The van der Waals surface area contributed by atoms with E-state index in [4.69, 9.17) is 4.74 Å². The number of nitrogens with one attached hydrogen (secondary N) is 1. The quantitative estimate of drug-likeness (QED) is 0.640. The minimum atomic E-state index is -0.624. The summed E-state index contributed by atoms with van der Waals surface area (Å²) < 4.78 is 5.78. The number of carbonyl (C=O) groups is 1. The van der Waals surface area contributed by atoms with Gasteiger partial charge in [-0.05, 0) is 15.9 Å². The van der Waals surface area contributed by atoms with Crippen molar-refractivity contribution in [2.24, 2.45) is 0 Å². The molecule has 0 spiro atoms. The topological polar surface area (TPSA) is 97.6 Å². The van der Waals surface area contributed by atoms with Gasteiger partial charge >= 0.3 is 5.69 Å². The summed E-state index contributed by atoms with van der Waals surface area (Å²) in [5.74, 6) is -0.0844. The molecule has 1 fully saturated rings. The van der Waals surface area contributed by atoms with Crippen molar-refractivity contribution in [2.75, 3.05) is 31.7 Å². The SMILES string of the molecule is CNC(=O)C1COCCN1c1ncc(Br)cc1[N+](=O)[O-]. The van der Waals surface area contributed by atoms with E-state index in [0.29, 0.717) is 17.6 Å². The van der Waals surface area contributed by atoms with Crippen LogP contribution in [0.1, 0.15) is 0 Å². The molecule has 2 rings (SSSR count). The van der Waals surface area contributed by atoms with Crippen molar-refractivity contribution in [3.8, 4) is 0 Å². The summed E-state index contributed by atoms with van der Waals surface area (Å²) in [6.07, 6.45) is 1.47. The summed E-state index contributed by atoms with van der Waals surface area (Å²) in [4.78, 5) is 28.2. The number of aromatic nitrogens is 1. The van der Waals surface area contributed by atoms with Crippen LogP contribution < -0.4 is 10.2 Å². The Morgan fingerprint density at radius 3 is 3.10 bits per heavy atom. The van der Waals surface area contributed by atoms with Gasteiger partial charge in [0.1, 0.15) is 6.04 Å². The number of halogens is 1. The third kappa shape index (κ3) is 2.88. The predicted octanol–water partition coefficient (Wildman–Crippen LogP) is 0.704. The molecule has 1 aromatic heterocycles. The standard InChI is InChI=1S/C11H13BrN4O4/c1-13-11(17)9-6-20-3-2-15(9)10-8(16(18)19)4-7(12)5-14-10/h4-5,9H,2-3,6H2,1H3,(H,13,17). The van der Waals surface area contributed by atoms with Crippen molar-refractivity contribution in [3.63, 3.8) is 0 Å². The number of nitrogens with zero attached hydrogens (tertiary/aromatic N) is 3. The van der Waals surface area contributed by atoms with Gasteiger partial charge < -0.3 is 15.0 Å². The van der Waals surface area contributed by atoms with Gasteiger partial charge in [-0.3, -0.25) is 14.9 Å². The highest BCUT2D eigenvalue weighted by Crippen LogP contribution is 2.30. The monoisotopic (exact) mass is 344 g/mol. The second-order valence-corrected chi connectivity index (χ2v) is 5.07. The number of carbonyl (C=O) groups excluding carboxylic acids is 1. The molecule has 1 amide bonds. The lowest BCUT2D eigenvalue weighted by atomic mass is 10.2. The molecule has 1 unspecified atom stereocenters. The smallest absolute Gasteiger partial charge is 0.312 e. The number of morpholine rings is 1. The van der Waals surface area contributed by atoms with Gasteiger partial charge in [0.25, 0.3) is 0 Å². The normalized spacial score (nSPS) is 18.7. The Balaban J connectivity index is 2.42. The highest BCUT2D eigenvalue weighted by molar-refractivity contribution is 9.10. The van der Waals surface area contributed by atoms with E-state index in [-0.39, 0.29) is 24.0 Å². The van der Waals surface area contributed by atoms with Crippen LogP contribution in [0, 0.1) is 10.1 Å². The number of anilines is 1. The predicted molar refractivity (Wildman–Crippen MR) is 74.6 cm³/mol. The number of hydrogen-bond donors (Lipinski definition) is 1. The second-order valence-electron chi connectivity index (χ2n) is 4.15. The Bertz CT molecular complexity index is 539. The molecule has 1 aliphatic heterocycles. The van der Waals surface area contributed by atoms with Gasteiger partial charge in [0, 0.05) is 30.3 Å². The van der Waals surface area contributed by atoms with Crippen LogP contribution in [0.15, 0.2) is 16.7 Å². The lowest BCUT2D eigenvalue weighted by molar-refractivity contribution is -0.384. The van der Waals surface area contributed by atoms with Gasteiger partial charge in [-0.2, -0.15) is 0 Å². The van der Waals surface area contributed by atoms with Crippen LogP contribution in [0.25, 0.3) is 0 Å². The summed E-state index contributed by atoms with van der Waals surface area (Å²) in [7, 11) is 1.51. The molecular formula is C11H13BrN4O4. The fourth-order valence-electron chi connectivity index (χ4n) is 2.02. The maximum Gasteiger partial charge on any atom is 0.312 e. The number of ether oxygens (including phenoxy) is 1. The van der Waals surface area contributed by atoms with Gasteiger partial charge in [0.05, 0.1) is 18.1 Å². The minimum absolute atomic E-state index is 0.143. The molecule has 0 saturated carbocycles. The molecule has 0 radical (unpaired) electrons. The maximum absolute atomic E-state index is 11.9. The number of rotatable bonds is 3. The highest BCUT2D eigenvalue weighted by atomic mass is 79.9. The molecule has 108 valence electrons. The number of likely N-dealkylation sites (N-methyl/N-ethyl adjacent to an activating group) is 1. The summed E-state index contributed by atoms with van der Waals surface area (Å²) in [5, 5.41) is 13.7. The minimum Gasteiger partial charge on any atom is -0.377 e. The molecule has 1 saturated heterocycles. The first kappa shape index (κ1) is 14.7. The molecule has 1 aliphatic rings. The van der Waals surface area contributed by atoms with Crippen LogP contribution in [0.2, 0.25) is 0 Å². The van der Waals surface area contributed by atoms with Crippen molar-refractivity contribution >= 4 is 33.3 Å². The zero-order chi connectivity index (χ0) is 14.7. The van der Waals surface area contributed by atoms with Crippen molar-refractivity contribution < 1.29 is 14.5 Å². The zero-order valence-electron chi connectivity index (χ0n) is 10.7. The average Bonchev–Trinajstić information content (AvgIpc) is 2.46. The Morgan fingerprint density at radius 2 is 2.45 bits per heavy atom. The Morgan fingerprint density at radius 1 is 1.70 bits per heavy atom. The summed E-state index contributed by atoms with van der Waals surface area (Å²) in [6, 6.07) is 0.750. The lowest BCUT2D eigenvalue weighted by Crippen LogP contribution is -2.53. The van der Waals surface area contributed by atoms with E-state index >= 15 is 0 Å². The van der Waals surface area contributed by atoms with Crippen LogP contribution in [-0.2, 0) is 9.53 Å². The Hall–Kier alpha value is -1.74. The Labute approximate surface area is 123 Å². The Kier molecular flexibility index (Phi) is 4.50. The van der Waals surface area contributed by atoms with Gasteiger partial charge in [-0.25, -0.2) is 4.98 Å². The molecular weight excluding hydrogens is 332 g/mol. The van der Waals surface area contributed by atoms with Gasteiger partial charge in [0.2, 0.25) is 11.7 Å². The van der Waals surface area contributed by atoms with E-state index in [1.807, 2.05) is 0 Å². The number of amides is 1. The first-order valence-electron chi connectivity index (χ1n) is 5.90. The van der Waals surface area contributed by atoms with Crippen molar-refractivity contribution in [1.82, 2.24) is 10.3 Å². The summed E-state index contributed by atoms with van der Waals surface area (Å²) in [5.41, 5.74) is -0.143. The molecule has 2 heterocycles. The largest absolute Gasteiger partial charge is 0.377 e. The zero-order valence-corrected chi connectivity index (χ0v) is 12.3. The van der Waals surface area contributed by atoms with Crippen LogP contribution in [-0.4, -0.2) is 48.7 Å². The third-order valence-electron chi connectivity index (χ3n) is 2.96. The van der Waals surface area contributed by atoms with E-state index < -0.39 is 11.0 Å². The fourth-order valence-corrected chi connectivity index (χ4v) is 2.34. The molecule has 20 heavy (non-hydrogen) atoms. The lowest BCUT2D eigenvalue weighted by Gasteiger charge is -2.34. The van der Waals surface area contributed by atoms with Crippen molar-refractivity contribution in [3.05, 3.63) is 26.9 Å². The molecule has 1 atom stereocenters. The first-order chi connectivity index (χ1) is 9.54. The third-order valence-corrected chi connectivity index (χ3v) is 3.39. The summed E-state index contributed by atoms with van der Waals surface area (Å²) in [6.45, 7) is 0.935. The molecule has 1 aromatic rings. The van der Waals surface area contributed by atoms with E-state index in [1.54, 1.807) is 4.90 Å². The van der Waals surface area contributed by atoms with Crippen molar-refractivity contribution in [2.45, 2.75) is 6.04 Å². The van der Waals surface area contributed by atoms with E-state index in [1.165, 1.54) is 19.3 Å². The second kappa shape index (κ2) is 6.14. The molecule has 8 nitrogen and oxygen atoms in total. The molecule has 0 bridgehead atoms. The number of pyridine rings is 1. The fraction of sp³-hybridized carbons (Fsp3) is 0.455. The van der Waals surface area contributed by atoms with Crippen LogP contribution in [0.4, 0.5) is 11.5 Å². The van der Waals surface area contributed by atoms with Crippen LogP contribution in [0.5, 0.6) is 0 Å². The highest BCUT2D eigenvalue weighted by Gasteiger charge is 2.34. The first-order valence-corrected chi connectivity index (χ1v) is 6.69. The maximum atomic E-state index is 11.9. The van der Waals surface area contributed by atoms with Gasteiger partial charge in [-0.15, -0.1) is 0 Å². The molecule has 1 N–H and O–H groups in total. The van der Waals surface area contributed by atoms with Gasteiger partial charge in [0.15, 0.2) is 0 Å². The summed E-state index contributed by atoms with van der Waals surface area (Å²) >= 11 is 3.16. The van der Waals surface area contributed by atoms with Crippen molar-refractivity contribution in [1.29, 1.82) is 0 Å². The molecule has 0 aliphatic carbocycles. The van der Waals surface area contributed by atoms with E-state index in [9.17, 15) is 14.9 Å². The van der Waals surface area contributed by atoms with Crippen LogP contribution in [0.3, 0.4) is 0 Å². The van der Waals surface area contributed by atoms with E-state index in [2.05, 4.69) is 26.2 Å². The van der Waals surface area contributed by atoms with Gasteiger partial charge in [-0.1, -0.05) is 0 Å². The average molecular weight is 345 g/mol. The number of hydrogen-bond acceptors (Lipinski definition) is 6. The molecule has 9 heteroatoms. The number of nitro groups is 1. The molecule has 0 aromatic carbocycles.